The van der Waals surface area contributed by atoms with E-state index in [9.17, 15) is 24.0 Å². The Morgan fingerprint density at radius 3 is 1.44 bits per heavy atom. The normalized spacial score (nSPS) is 12.8. The zero-order valence-corrected chi connectivity index (χ0v) is 44.7. The van der Waals surface area contributed by atoms with Gasteiger partial charge in [0.05, 0.1) is 6.10 Å². The Kier molecular flexibility index (Phi) is 33.2. The van der Waals surface area contributed by atoms with Gasteiger partial charge in [0.15, 0.2) is 0 Å². The number of ether oxygens (including phenoxy) is 4. The number of alkyl carbamates (subject to hydrolysis) is 1. The molecule has 1 aliphatic rings. The van der Waals surface area contributed by atoms with Gasteiger partial charge in [0.2, 0.25) is 5.91 Å². The predicted octanol–water partition coefficient (Wildman–Crippen LogP) is 14.1. The van der Waals surface area contributed by atoms with E-state index < -0.39 is 30.1 Å². The zero-order valence-electron chi connectivity index (χ0n) is 43.8. The van der Waals surface area contributed by atoms with Crippen LogP contribution in [0.15, 0.2) is 48.5 Å². The molecule has 11 nitrogen and oxygen atoms in total. The van der Waals surface area contributed by atoms with E-state index in [-0.39, 0.29) is 61.6 Å². The molecule has 70 heavy (non-hydrogen) atoms. The summed E-state index contributed by atoms with van der Waals surface area (Å²) in [6.45, 7) is 7.52. The van der Waals surface area contributed by atoms with Crippen molar-refractivity contribution in [2.45, 2.75) is 232 Å². The molecule has 0 aliphatic heterocycles. The van der Waals surface area contributed by atoms with E-state index in [2.05, 4.69) is 36.6 Å². The average molecular weight is 993 g/mol. The molecule has 0 bridgehead atoms. The lowest BCUT2D eigenvalue weighted by atomic mass is 9.98. The first kappa shape index (κ1) is 60.2. The molecular weight excluding hydrogens is 901 g/mol. The number of hydrogen-bond acceptors (Lipinski definition) is 10. The maximum absolute atomic E-state index is 13.5. The second-order valence-electron chi connectivity index (χ2n) is 19.6. The highest BCUT2D eigenvalue weighted by Crippen LogP contribution is 2.44. The van der Waals surface area contributed by atoms with Crippen LogP contribution in [0.5, 0.6) is 0 Å². The number of hydrogen-bond donors (Lipinski definition) is 2. The number of carbonyl (C=O) groups is 5. The van der Waals surface area contributed by atoms with Gasteiger partial charge in [0.1, 0.15) is 31.9 Å². The first-order valence-electron chi connectivity index (χ1n) is 27.6. The van der Waals surface area contributed by atoms with Gasteiger partial charge < -0.3 is 29.6 Å². The predicted molar refractivity (Wildman–Crippen MR) is 285 cm³/mol. The summed E-state index contributed by atoms with van der Waals surface area (Å²) in [4.78, 5) is 65.3. The van der Waals surface area contributed by atoms with E-state index >= 15 is 0 Å². The van der Waals surface area contributed by atoms with Crippen molar-refractivity contribution in [3.05, 3.63) is 59.7 Å². The lowest BCUT2D eigenvalue weighted by molar-refractivity contribution is -0.157. The first-order valence-corrected chi connectivity index (χ1v) is 28.8. The number of nitrogens with one attached hydrogen (secondary N) is 2. The van der Waals surface area contributed by atoms with Crippen molar-refractivity contribution in [3.63, 3.8) is 0 Å². The van der Waals surface area contributed by atoms with Gasteiger partial charge in [-0.2, -0.15) is 11.8 Å². The van der Waals surface area contributed by atoms with Crippen molar-refractivity contribution in [3.8, 4) is 11.1 Å². The number of fused-ring (bicyclic) bond motifs is 3. The van der Waals surface area contributed by atoms with E-state index in [0.717, 1.165) is 67.2 Å². The summed E-state index contributed by atoms with van der Waals surface area (Å²) in [6.07, 6.45) is 30.2. The van der Waals surface area contributed by atoms with Gasteiger partial charge in [-0.1, -0.05) is 216 Å². The molecule has 0 aromatic heterocycles. The number of carbonyl (C=O) groups excluding carboxylic acids is 5. The molecule has 0 saturated carbocycles. The molecule has 3 rings (SSSR count). The number of rotatable bonds is 42. The quantitative estimate of drug-likeness (QED) is 0.0374. The van der Waals surface area contributed by atoms with Gasteiger partial charge in [0.25, 0.3) is 0 Å². The second-order valence-corrected chi connectivity index (χ2v) is 20.7. The molecule has 2 atom stereocenters. The molecule has 2 aromatic carbocycles. The third-order valence-electron chi connectivity index (χ3n) is 13.0. The monoisotopic (exact) mass is 993 g/mol. The van der Waals surface area contributed by atoms with Crippen LogP contribution in [0.3, 0.4) is 0 Å². The van der Waals surface area contributed by atoms with Crippen LogP contribution in [0.4, 0.5) is 4.79 Å². The molecule has 394 valence electrons. The Balaban J connectivity index is 1.52. The largest absolute Gasteiger partial charge is 0.462 e. The van der Waals surface area contributed by atoms with Crippen LogP contribution < -0.4 is 10.6 Å². The summed E-state index contributed by atoms with van der Waals surface area (Å²) in [6, 6.07) is 15.0. The lowest BCUT2D eigenvalue weighted by Crippen LogP contribution is -2.50. The number of thioether (sulfide) groups is 1. The molecule has 12 heteroatoms. The van der Waals surface area contributed by atoms with E-state index in [1.54, 1.807) is 13.8 Å². The van der Waals surface area contributed by atoms with E-state index in [1.165, 1.54) is 134 Å². The van der Waals surface area contributed by atoms with E-state index in [4.69, 9.17) is 18.9 Å². The SMILES string of the molecule is CCCCCCCCCCCCCCCC(=O)OC[C@H](CSC[C@H](NC(=O)OCC1c2ccccc2-c2ccccc21)C(=O)NCC(=O)OC(C)C)OC(=O)CCCCCCCCCCCCCCC. The highest BCUT2D eigenvalue weighted by Gasteiger charge is 2.30. The Morgan fingerprint density at radius 2 is 0.971 bits per heavy atom. The van der Waals surface area contributed by atoms with Gasteiger partial charge in [-0.25, -0.2) is 4.79 Å². The topological polar surface area (TPSA) is 146 Å². The number of amides is 2. The van der Waals surface area contributed by atoms with Crippen molar-refractivity contribution in [1.29, 1.82) is 0 Å². The highest BCUT2D eigenvalue weighted by molar-refractivity contribution is 7.99. The van der Waals surface area contributed by atoms with Crippen molar-refractivity contribution in [1.82, 2.24) is 10.6 Å². The van der Waals surface area contributed by atoms with Crippen molar-refractivity contribution in [2.24, 2.45) is 0 Å². The summed E-state index contributed by atoms with van der Waals surface area (Å²) in [5.41, 5.74) is 4.31. The molecule has 0 fully saturated rings. The highest BCUT2D eigenvalue weighted by atomic mass is 32.2. The number of benzene rings is 2. The molecule has 0 heterocycles. The van der Waals surface area contributed by atoms with Crippen LogP contribution in [0.25, 0.3) is 11.1 Å². The summed E-state index contributed by atoms with van der Waals surface area (Å²) >= 11 is 1.27. The second kappa shape index (κ2) is 38.6. The fourth-order valence-electron chi connectivity index (χ4n) is 9.06. The summed E-state index contributed by atoms with van der Waals surface area (Å²) in [7, 11) is 0. The zero-order chi connectivity index (χ0) is 50.4. The van der Waals surface area contributed by atoms with Crippen molar-refractivity contribution in [2.75, 3.05) is 31.3 Å². The maximum atomic E-state index is 13.5. The van der Waals surface area contributed by atoms with E-state index in [1.807, 2.05) is 36.4 Å². The fraction of sp³-hybridized carbons (Fsp3) is 0.707. The first-order chi connectivity index (χ1) is 34.1. The minimum atomic E-state index is -1.10. The van der Waals surface area contributed by atoms with Crippen LogP contribution in [0.1, 0.15) is 225 Å². The molecule has 0 unspecified atom stereocenters. The van der Waals surface area contributed by atoms with Crippen LogP contribution >= 0.6 is 11.8 Å². The molecular formula is C58H92N2O9S. The molecule has 0 saturated heterocycles. The molecule has 0 spiro atoms. The standard InChI is InChI=1S/C58H92N2O9S/c1-5-7-9-11-13-15-17-19-21-23-25-27-29-39-54(61)66-42-47(69-55(62)40-30-28-26-24-22-20-18-16-14-12-10-8-6-2)44-70-45-53(57(64)59-41-56(63)68-46(3)4)60-58(65)67-43-52-50-37-33-31-35-48(50)49-36-32-34-38-51(49)52/h31-38,46-47,52-53H,5-30,39-45H2,1-4H3,(H,59,64)(H,60,65)/t47-,53+/m1/s1. The summed E-state index contributed by atoms with van der Waals surface area (Å²) < 4.78 is 22.6. The molecule has 1 aliphatic carbocycles. The smallest absolute Gasteiger partial charge is 0.407 e. The van der Waals surface area contributed by atoms with Crippen LogP contribution in [0.2, 0.25) is 0 Å². The van der Waals surface area contributed by atoms with Gasteiger partial charge >= 0.3 is 24.0 Å². The Hall–Kier alpha value is -4.06. The van der Waals surface area contributed by atoms with Crippen LogP contribution in [0, 0.1) is 0 Å². The van der Waals surface area contributed by atoms with Gasteiger partial charge in [0, 0.05) is 30.3 Å². The number of esters is 3. The Morgan fingerprint density at radius 1 is 0.529 bits per heavy atom. The molecule has 2 N–H and O–H groups in total. The number of unbranched alkanes of at least 4 members (excludes halogenated alkanes) is 24. The summed E-state index contributed by atoms with van der Waals surface area (Å²) in [5.74, 6) is -1.78. The minimum absolute atomic E-state index is 0.0595. The van der Waals surface area contributed by atoms with Gasteiger partial charge in [-0.15, -0.1) is 0 Å². The van der Waals surface area contributed by atoms with Crippen molar-refractivity contribution < 1.29 is 42.9 Å². The Bertz CT molecular complexity index is 1710. The minimum Gasteiger partial charge on any atom is -0.462 e. The molecule has 2 amide bonds. The van der Waals surface area contributed by atoms with Crippen LogP contribution in [-0.4, -0.2) is 79.4 Å². The molecule has 2 aromatic rings. The van der Waals surface area contributed by atoms with Gasteiger partial charge in [-0.05, 0) is 48.9 Å². The van der Waals surface area contributed by atoms with E-state index in [0.29, 0.717) is 6.42 Å². The third-order valence-corrected chi connectivity index (χ3v) is 14.2. The lowest BCUT2D eigenvalue weighted by Gasteiger charge is -2.21. The fourth-order valence-corrected chi connectivity index (χ4v) is 10.1. The van der Waals surface area contributed by atoms with Crippen molar-refractivity contribution >= 4 is 41.7 Å². The van der Waals surface area contributed by atoms with Gasteiger partial charge in [-0.3, -0.25) is 19.2 Å². The maximum Gasteiger partial charge on any atom is 0.407 e. The third kappa shape index (κ3) is 27.0. The Labute approximate surface area is 427 Å². The summed E-state index contributed by atoms with van der Waals surface area (Å²) in [5, 5.41) is 5.29. The van der Waals surface area contributed by atoms with Crippen LogP contribution in [-0.2, 0) is 38.1 Å². The average Bonchev–Trinajstić information content (AvgIpc) is 3.67. The molecule has 0 radical (unpaired) electrons.